The van der Waals surface area contributed by atoms with Gasteiger partial charge in [-0.1, -0.05) is 30.4 Å². The number of carbonyl (C=O) groups is 2. The third kappa shape index (κ3) is 5.48. The van der Waals surface area contributed by atoms with Crippen LogP contribution in [-0.2, 0) is 4.79 Å². The fraction of sp³-hybridized carbons (Fsp3) is 0.136. The number of carbonyl (C=O) groups excluding carboxylic acids is 1. The highest BCUT2D eigenvalue weighted by Gasteiger charge is 2.23. The minimum atomic E-state index is -1.36. The zero-order chi connectivity index (χ0) is 23.1. The van der Waals surface area contributed by atoms with Crippen LogP contribution in [0.4, 0.5) is 20.4 Å². The van der Waals surface area contributed by atoms with E-state index >= 15 is 0 Å². The molecule has 1 heterocycles. The van der Waals surface area contributed by atoms with Crippen LogP contribution >= 0.6 is 0 Å². The molecular weight excluding hydrogens is 420 g/mol. The molecule has 1 amide bonds. The molecule has 0 saturated heterocycles. The third-order valence-corrected chi connectivity index (χ3v) is 4.53. The Balaban J connectivity index is 1.64. The van der Waals surface area contributed by atoms with Gasteiger partial charge in [-0.25, -0.2) is 18.6 Å². The zero-order valence-electron chi connectivity index (χ0n) is 16.9. The molecule has 3 aromatic rings. The largest absolute Gasteiger partial charge is 0.480 e. The standard InChI is InChI=1S/C22H19F2N5O3/c1-29(22-25-12-13-26-28-22)15-10-8-14(9-11-15)4-2-7-18(21(31)32)27-20(30)19-16(23)5-3-6-17(19)24/h2-6,8-13,18H,7H2,1H3,(H,27,30)(H,31,32)/b4-2+. The number of carboxylic acid groups (broad SMARTS) is 1. The van der Waals surface area contributed by atoms with Gasteiger partial charge >= 0.3 is 5.97 Å². The molecule has 1 atom stereocenters. The SMILES string of the molecule is CN(c1ccc(/C=C/CC(NC(=O)c2c(F)cccc2F)C(=O)O)cc1)c1nccnn1. The number of hydrogen-bond donors (Lipinski definition) is 2. The number of anilines is 2. The summed E-state index contributed by atoms with van der Waals surface area (Å²) in [6.07, 6.45) is 6.16. The highest BCUT2D eigenvalue weighted by Crippen LogP contribution is 2.20. The summed E-state index contributed by atoms with van der Waals surface area (Å²) < 4.78 is 27.5. The molecule has 0 spiro atoms. The monoisotopic (exact) mass is 439 g/mol. The van der Waals surface area contributed by atoms with Crippen molar-refractivity contribution < 1.29 is 23.5 Å². The molecular formula is C22H19F2N5O3. The predicted molar refractivity (Wildman–Crippen MR) is 113 cm³/mol. The summed E-state index contributed by atoms with van der Waals surface area (Å²) in [5, 5.41) is 19.2. The Bertz CT molecular complexity index is 1100. The van der Waals surface area contributed by atoms with Gasteiger partial charge in [0.05, 0.1) is 12.4 Å². The van der Waals surface area contributed by atoms with Crippen molar-refractivity contribution in [1.82, 2.24) is 20.5 Å². The van der Waals surface area contributed by atoms with Gasteiger partial charge in [-0.3, -0.25) is 4.79 Å². The van der Waals surface area contributed by atoms with Crippen molar-refractivity contribution in [2.75, 3.05) is 11.9 Å². The summed E-state index contributed by atoms with van der Waals surface area (Å²) in [4.78, 5) is 29.5. The molecule has 0 aliphatic heterocycles. The summed E-state index contributed by atoms with van der Waals surface area (Å²) in [5.74, 6) is -4.16. The number of nitrogens with one attached hydrogen (secondary N) is 1. The van der Waals surface area contributed by atoms with E-state index in [9.17, 15) is 23.5 Å². The molecule has 1 unspecified atom stereocenters. The van der Waals surface area contributed by atoms with E-state index in [4.69, 9.17) is 0 Å². The minimum absolute atomic E-state index is 0.0810. The van der Waals surface area contributed by atoms with Crippen LogP contribution in [0, 0.1) is 11.6 Å². The van der Waals surface area contributed by atoms with Gasteiger partial charge in [0.15, 0.2) is 0 Å². The molecule has 2 N–H and O–H groups in total. The highest BCUT2D eigenvalue weighted by atomic mass is 19.1. The Morgan fingerprint density at radius 1 is 1.12 bits per heavy atom. The average molecular weight is 439 g/mol. The fourth-order valence-electron chi connectivity index (χ4n) is 2.83. The summed E-state index contributed by atoms with van der Waals surface area (Å²) in [5.41, 5.74) is 0.780. The van der Waals surface area contributed by atoms with Crippen LogP contribution in [0.5, 0.6) is 0 Å². The van der Waals surface area contributed by atoms with Crippen LogP contribution in [0.3, 0.4) is 0 Å². The maximum absolute atomic E-state index is 13.7. The number of halogens is 2. The highest BCUT2D eigenvalue weighted by molar-refractivity contribution is 5.97. The number of rotatable bonds is 8. The van der Waals surface area contributed by atoms with Gasteiger partial charge in [-0.05, 0) is 36.2 Å². The van der Waals surface area contributed by atoms with E-state index in [0.717, 1.165) is 29.4 Å². The van der Waals surface area contributed by atoms with E-state index in [1.54, 1.807) is 24.1 Å². The molecule has 2 aromatic carbocycles. The lowest BCUT2D eigenvalue weighted by Crippen LogP contribution is -2.41. The predicted octanol–water partition coefficient (Wildman–Crippen LogP) is 3.20. The minimum Gasteiger partial charge on any atom is -0.480 e. The van der Waals surface area contributed by atoms with Gasteiger partial charge in [0, 0.05) is 12.7 Å². The summed E-state index contributed by atoms with van der Waals surface area (Å²) in [6, 6.07) is 8.88. The first-order valence-electron chi connectivity index (χ1n) is 9.48. The first-order valence-corrected chi connectivity index (χ1v) is 9.48. The van der Waals surface area contributed by atoms with Gasteiger partial charge < -0.3 is 15.3 Å². The van der Waals surface area contributed by atoms with Gasteiger partial charge in [0.1, 0.15) is 23.2 Å². The Kier molecular flexibility index (Phi) is 7.17. The molecule has 1 aromatic heterocycles. The lowest BCUT2D eigenvalue weighted by Gasteiger charge is -2.16. The van der Waals surface area contributed by atoms with Crippen LogP contribution in [0.2, 0.25) is 0 Å². The second-order valence-corrected chi connectivity index (χ2v) is 6.69. The number of nitrogens with zero attached hydrogens (tertiary/aromatic N) is 4. The molecule has 3 rings (SSSR count). The summed E-state index contributed by atoms with van der Waals surface area (Å²) in [6.45, 7) is 0. The van der Waals surface area contributed by atoms with Gasteiger partial charge in [0.2, 0.25) is 5.95 Å². The molecule has 10 heteroatoms. The number of aromatic nitrogens is 3. The molecule has 164 valence electrons. The smallest absolute Gasteiger partial charge is 0.326 e. The van der Waals surface area contributed by atoms with Gasteiger partial charge in [-0.2, -0.15) is 5.10 Å². The van der Waals surface area contributed by atoms with Crippen molar-refractivity contribution in [1.29, 1.82) is 0 Å². The maximum atomic E-state index is 13.7. The maximum Gasteiger partial charge on any atom is 0.326 e. The Hall–Kier alpha value is -4.21. The number of hydrogen-bond acceptors (Lipinski definition) is 6. The molecule has 32 heavy (non-hydrogen) atoms. The van der Waals surface area contributed by atoms with Crippen molar-refractivity contribution in [3.63, 3.8) is 0 Å². The van der Waals surface area contributed by atoms with Crippen molar-refractivity contribution in [3.05, 3.63) is 83.7 Å². The van der Waals surface area contributed by atoms with Crippen LogP contribution in [0.15, 0.2) is 60.9 Å². The lowest BCUT2D eigenvalue weighted by molar-refractivity contribution is -0.139. The number of aliphatic carboxylic acids is 1. The average Bonchev–Trinajstić information content (AvgIpc) is 2.78. The van der Waals surface area contributed by atoms with E-state index in [1.807, 2.05) is 24.3 Å². The Labute approximate surface area is 182 Å². The van der Waals surface area contributed by atoms with Crippen LogP contribution in [0.1, 0.15) is 22.3 Å². The first-order chi connectivity index (χ1) is 15.4. The van der Waals surface area contributed by atoms with Crippen molar-refractivity contribution in [3.8, 4) is 0 Å². The van der Waals surface area contributed by atoms with Crippen LogP contribution in [-0.4, -0.2) is 45.3 Å². The molecule has 0 radical (unpaired) electrons. The molecule has 0 saturated carbocycles. The molecule has 0 aliphatic rings. The second kappa shape index (κ2) is 10.2. The van der Waals surface area contributed by atoms with E-state index < -0.39 is 35.1 Å². The van der Waals surface area contributed by atoms with Crippen molar-refractivity contribution in [2.24, 2.45) is 0 Å². The van der Waals surface area contributed by atoms with Crippen LogP contribution in [0.25, 0.3) is 6.08 Å². The van der Waals surface area contributed by atoms with Crippen molar-refractivity contribution >= 4 is 29.6 Å². The summed E-state index contributed by atoms with van der Waals surface area (Å²) in [7, 11) is 1.79. The number of benzene rings is 2. The van der Waals surface area contributed by atoms with E-state index in [2.05, 4.69) is 20.5 Å². The normalized spacial score (nSPS) is 11.8. The molecule has 0 bridgehead atoms. The van der Waals surface area contributed by atoms with E-state index in [1.165, 1.54) is 12.4 Å². The third-order valence-electron chi connectivity index (χ3n) is 4.53. The second-order valence-electron chi connectivity index (χ2n) is 6.69. The zero-order valence-corrected chi connectivity index (χ0v) is 16.9. The molecule has 8 nitrogen and oxygen atoms in total. The first kappa shape index (κ1) is 22.5. The number of amides is 1. The van der Waals surface area contributed by atoms with Crippen LogP contribution < -0.4 is 10.2 Å². The topological polar surface area (TPSA) is 108 Å². The fourth-order valence-corrected chi connectivity index (χ4v) is 2.83. The Morgan fingerprint density at radius 3 is 2.41 bits per heavy atom. The number of carboxylic acids is 1. The van der Waals surface area contributed by atoms with E-state index in [-0.39, 0.29) is 6.42 Å². The van der Waals surface area contributed by atoms with Gasteiger partial charge in [0.25, 0.3) is 5.91 Å². The van der Waals surface area contributed by atoms with E-state index in [0.29, 0.717) is 5.95 Å². The molecule has 0 fully saturated rings. The van der Waals surface area contributed by atoms with Crippen molar-refractivity contribution in [2.45, 2.75) is 12.5 Å². The Morgan fingerprint density at radius 2 is 1.81 bits per heavy atom. The summed E-state index contributed by atoms with van der Waals surface area (Å²) >= 11 is 0. The quantitative estimate of drug-likeness (QED) is 0.555. The lowest BCUT2D eigenvalue weighted by atomic mass is 10.1. The van der Waals surface area contributed by atoms with Gasteiger partial charge in [-0.15, -0.1) is 5.10 Å². The molecule has 0 aliphatic carbocycles.